The van der Waals surface area contributed by atoms with Gasteiger partial charge in [-0.05, 0) is 69.1 Å². The lowest BCUT2D eigenvalue weighted by atomic mass is 9.78. The third-order valence-corrected chi connectivity index (χ3v) is 7.10. The zero-order valence-electron chi connectivity index (χ0n) is 17.7. The Labute approximate surface area is 173 Å². The number of piperidine rings is 1. The lowest BCUT2D eigenvalue weighted by Gasteiger charge is -2.45. The quantitative estimate of drug-likeness (QED) is 0.743. The maximum atomic E-state index is 13.2. The van der Waals surface area contributed by atoms with Crippen molar-refractivity contribution >= 4 is 11.9 Å². The van der Waals surface area contributed by atoms with Gasteiger partial charge in [-0.3, -0.25) is 9.69 Å². The molecule has 0 aromatic heterocycles. The van der Waals surface area contributed by atoms with E-state index in [4.69, 9.17) is 4.74 Å². The predicted octanol–water partition coefficient (Wildman–Crippen LogP) is 3.55. The van der Waals surface area contributed by atoms with Gasteiger partial charge >= 0.3 is 6.03 Å². The second kappa shape index (κ2) is 8.34. The number of urea groups is 1. The molecular weight excluding hydrogens is 366 g/mol. The summed E-state index contributed by atoms with van der Waals surface area (Å²) in [6.45, 7) is 3.28. The summed E-state index contributed by atoms with van der Waals surface area (Å²) in [5.41, 5.74) is 0.298. The summed E-state index contributed by atoms with van der Waals surface area (Å²) in [6, 6.07) is 8.16. The molecule has 29 heavy (non-hydrogen) atoms. The van der Waals surface area contributed by atoms with Crippen molar-refractivity contribution in [2.24, 2.45) is 5.92 Å². The van der Waals surface area contributed by atoms with E-state index in [1.807, 2.05) is 31.2 Å². The van der Waals surface area contributed by atoms with E-state index in [1.54, 1.807) is 7.11 Å². The van der Waals surface area contributed by atoms with Gasteiger partial charge in [0.15, 0.2) is 0 Å². The molecule has 4 rings (SSSR count). The Morgan fingerprint density at radius 1 is 1.10 bits per heavy atom. The van der Waals surface area contributed by atoms with Crippen LogP contribution in [0, 0.1) is 5.92 Å². The fourth-order valence-electron chi connectivity index (χ4n) is 5.32. The number of likely N-dealkylation sites (tertiary alicyclic amines) is 1. The monoisotopic (exact) mass is 399 g/mol. The number of fused-ring (bicyclic) bond motifs is 1. The van der Waals surface area contributed by atoms with Crippen molar-refractivity contribution in [1.82, 2.24) is 15.1 Å². The van der Waals surface area contributed by atoms with Gasteiger partial charge in [0.1, 0.15) is 11.3 Å². The smallest absolute Gasteiger partial charge is 0.326 e. The Morgan fingerprint density at radius 2 is 1.83 bits per heavy atom. The molecule has 3 fully saturated rings. The summed E-state index contributed by atoms with van der Waals surface area (Å²) in [6.07, 6.45) is 8.85. The Balaban J connectivity index is 1.39. The molecule has 1 aliphatic carbocycles. The van der Waals surface area contributed by atoms with Crippen LogP contribution in [0.15, 0.2) is 24.3 Å². The van der Waals surface area contributed by atoms with E-state index in [0.717, 1.165) is 30.2 Å². The van der Waals surface area contributed by atoms with Gasteiger partial charge in [-0.15, -0.1) is 0 Å². The number of hydrogen-bond acceptors (Lipinski definition) is 4. The third-order valence-electron chi connectivity index (χ3n) is 7.10. The van der Waals surface area contributed by atoms with Crippen LogP contribution in [0.25, 0.3) is 0 Å². The molecule has 1 saturated carbocycles. The highest BCUT2D eigenvalue weighted by atomic mass is 16.5. The van der Waals surface area contributed by atoms with Gasteiger partial charge < -0.3 is 10.1 Å². The summed E-state index contributed by atoms with van der Waals surface area (Å²) in [4.78, 5) is 29.7. The van der Waals surface area contributed by atoms with Crippen LogP contribution in [0.3, 0.4) is 0 Å². The first-order chi connectivity index (χ1) is 14.0. The van der Waals surface area contributed by atoms with Crippen LogP contribution in [-0.4, -0.2) is 53.6 Å². The second-order valence-corrected chi connectivity index (χ2v) is 9.05. The summed E-state index contributed by atoms with van der Waals surface area (Å²) in [7, 11) is 1.65. The minimum atomic E-state index is -0.835. The molecule has 0 bridgehead atoms. The van der Waals surface area contributed by atoms with E-state index >= 15 is 0 Å². The number of benzene rings is 1. The highest BCUT2D eigenvalue weighted by Gasteiger charge is 2.48. The van der Waals surface area contributed by atoms with Gasteiger partial charge in [0.2, 0.25) is 0 Å². The van der Waals surface area contributed by atoms with E-state index in [1.165, 1.54) is 43.4 Å². The van der Waals surface area contributed by atoms with Crippen LogP contribution in [0.2, 0.25) is 0 Å². The minimum Gasteiger partial charge on any atom is -0.497 e. The first-order valence-corrected chi connectivity index (χ1v) is 11.0. The van der Waals surface area contributed by atoms with Crippen LogP contribution in [0.5, 0.6) is 5.75 Å². The van der Waals surface area contributed by atoms with Crippen LogP contribution in [0.4, 0.5) is 4.79 Å². The van der Waals surface area contributed by atoms with Crippen molar-refractivity contribution < 1.29 is 14.3 Å². The van der Waals surface area contributed by atoms with Gasteiger partial charge in [-0.25, -0.2) is 9.69 Å². The molecule has 2 heterocycles. The average molecular weight is 400 g/mol. The number of nitrogens with zero attached hydrogens (tertiary/aromatic N) is 2. The van der Waals surface area contributed by atoms with E-state index in [9.17, 15) is 9.59 Å². The fraction of sp³-hybridized carbons (Fsp3) is 0.652. The standard InChI is InChI=1S/C23H33N3O3/c1-23(14-13-17-9-11-19(29-2)12-10-17)21(27)26(22(28)24-23)16-25-15-5-7-18-6-3-4-8-20(18)25/h9-12,18,20H,3-8,13-16H2,1-2H3,(H,24,28)/t18-,20+,23+/m1/s1. The molecule has 6 heteroatoms. The molecule has 2 saturated heterocycles. The van der Waals surface area contributed by atoms with E-state index < -0.39 is 5.54 Å². The van der Waals surface area contributed by atoms with Crippen LogP contribution in [-0.2, 0) is 11.2 Å². The summed E-state index contributed by atoms with van der Waals surface area (Å²) in [5, 5.41) is 2.97. The molecule has 6 nitrogen and oxygen atoms in total. The summed E-state index contributed by atoms with van der Waals surface area (Å²) < 4.78 is 5.20. The van der Waals surface area contributed by atoms with Gasteiger partial charge in [0.25, 0.3) is 5.91 Å². The van der Waals surface area contributed by atoms with Crippen LogP contribution in [0.1, 0.15) is 57.4 Å². The summed E-state index contributed by atoms with van der Waals surface area (Å²) in [5.74, 6) is 1.47. The van der Waals surface area contributed by atoms with Crippen molar-refractivity contribution in [3.63, 3.8) is 0 Å². The van der Waals surface area contributed by atoms with Crippen molar-refractivity contribution in [2.45, 2.75) is 69.9 Å². The molecule has 158 valence electrons. The number of amides is 3. The zero-order valence-corrected chi connectivity index (χ0v) is 17.7. The molecule has 1 aromatic rings. The van der Waals surface area contributed by atoms with Crippen molar-refractivity contribution in [1.29, 1.82) is 0 Å². The topological polar surface area (TPSA) is 61.9 Å². The Hall–Kier alpha value is -2.08. The first kappa shape index (κ1) is 20.2. The second-order valence-electron chi connectivity index (χ2n) is 9.05. The van der Waals surface area contributed by atoms with E-state index in [2.05, 4.69) is 10.2 Å². The molecule has 0 spiro atoms. The highest BCUT2D eigenvalue weighted by molar-refractivity contribution is 6.06. The molecular formula is C23H33N3O3. The van der Waals surface area contributed by atoms with Crippen LogP contribution < -0.4 is 10.1 Å². The van der Waals surface area contributed by atoms with E-state index in [0.29, 0.717) is 19.1 Å². The minimum absolute atomic E-state index is 0.0889. The number of carbonyl (C=O) groups is 2. The summed E-state index contributed by atoms with van der Waals surface area (Å²) >= 11 is 0. The Bertz CT molecular complexity index is 748. The third kappa shape index (κ3) is 4.13. The molecule has 1 N–H and O–H groups in total. The maximum absolute atomic E-state index is 13.2. The van der Waals surface area contributed by atoms with Crippen LogP contribution >= 0.6 is 0 Å². The number of ether oxygens (including phenoxy) is 1. The van der Waals surface area contributed by atoms with E-state index in [-0.39, 0.29) is 11.9 Å². The normalized spacial score (nSPS) is 30.2. The highest BCUT2D eigenvalue weighted by Crippen LogP contribution is 2.36. The number of nitrogens with one attached hydrogen (secondary N) is 1. The van der Waals surface area contributed by atoms with Gasteiger partial charge in [-0.1, -0.05) is 25.0 Å². The van der Waals surface area contributed by atoms with Crippen molar-refractivity contribution in [3.05, 3.63) is 29.8 Å². The fourth-order valence-corrected chi connectivity index (χ4v) is 5.32. The largest absolute Gasteiger partial charge is 0.497 e. The Kier molecular flexibility index (Phi) is 5.81. The first-order valence-electron chi connectivity index (χ1n) is 11.0. The molecule has 1 aromatic carbocycles. The molecule has 0 unspecified atom stereocenters. The molecule has 3 atom stereocenters. The van der Waals surface area contributed by atoms with Crippen molar-refractivity contribution in [3.8, 4) is 5.75 Å². The SMILES string of the molecule is COc1ccc(CC[C@]2(C)NC(=O)N(CN3CCC[C@H]4CCCC[C@@H]43)C2=O)cc1. The van der Waals surface area contributed by atoms with Gasteiger partial charge in [0.05, 0.1) is 13.8 Å². The van der Waals surface area contributed by atoms with Crippen molar-refractivity contribution in [2.75, 3.05) is 20.3 Å². The lowest BCUT2D eigenvalue weighted by molar-refractivity contribution is -0.133. The lowest BCUT2D eigenvalue weighted by Crippen LogP contribution is -2.53. The average Bonchev–Trinajstić information content (AvgIpc) is 2.96. The maximum Gasteiger partial charge on any atom is 0.326 e. The number of methoxy groups -OCH3 is 1. The number of hydrogen-bond donors (Lipinski definition) is 1. The molecule has 3 aliphatic rings. The molecule has 0 radical (unpaired) electrons. The predicted molar refractivity (Wildman–Crippen MR) is 112 cm³/mol. The number of imide groups is 1. The number of rotatable bonds is 6. The number of aryl methyl sites for hydroxylation is 1. The molecule has 3 amide bonds. The Morgan fingerprint density at radius 3 is 2.59 bits per heavy atom. The molecule has 2 aliphatic heterocycles. The van der Waals surface area contributed by atoms with Gasteiger partial charge in [-0.2, -0.15) is 0 Å². The zero-order chi connectivity index (χ0) is 20.4. The van der Waals surface area contributed by atoms with Gasteiger partial charge in [0, 0.05) is 12.6 Å². The number of carbonyl (C=O) groups excluding carboxylic acids is 2.